The number of hydrogen-bond acceptors (Lipinski definition) is 7. The van der Waals surface area contributed by atoms with Gasteiger partial charge in [-0.2, -0.15) is 13.5 Å². The van der Waals surface area contributed by atoms with Crippen molar-refractivity contribution in [2.24, 2.45) is 12.5 Å². The molecule has 0 fully saturated rings. The third-order valence-corrected chi connectivity index (χ3v) is 4.46. The first kappa shape index (κ1) is 20.9. The van der Waals surface area contributed by atoms with Crippen LogP contribution in [0.2, 0.25) is 0 Å². The predicted molar refractivity (Wildman–Crippen MR) is 96.6 cm³/mol. The fraction of sp³-hybridized carbons (Fsp3) is 0.562. The zero-order valence-corrected chi connectivity index (χ0v) is 16.7. The first-order valence-electron chi connectivity index (χ1n) is 8.40. The molecule has 0 atom stereocenters. The van der Waals surface area contributed by atoms with E-state index in [0.29, 0.717) is 5.82 Å². The molecule has 0 aliphatic heterocycles. The van der Waals surface area contributed by atoms with Crippen molar-refractivity contribution in [3.05, 3.63) is 24.8 Å². The molecule has 0 bridgehead atoms. The Labute approximate surface area is 158 Å². The second-order valence-corrected chi connectivity index (χ2v) is 9.05. The van der Waals surface area contributed by atoms with Crippen molar-refractivity contribution in [3.8, 4) is 11.4 Å². The number of nitrogens with zero attached hydrogens (tertiary/aromatic N) is 5. The Morgan fingerprint density at radius 3 is 2.67 bits per heavy atom. The number of carbonyl (C=O) groups excluding carboxylic acids is 1. The molecule has 1 amide bonds. The number of amides is 1. The van der Waals surface area contributed by atoms with Crippen LogP contribution in [0.15, 0.2) is 24.8 Å². The van der Waals surface area contributed by atoms with Crippen molar-refractivity contribution in [1.29, 1.82) is 0 Å². The lowest BCUT2D eigenvalue weighted by Gasteiger charge is -2.17. The summed E-state index contributed by atoms with van der Waals surface area (Å²) in [7, 11) is -1.90. The van der Waals surface area contributed by atoms with E-state index in [0.717, 1.165) is 5.56 Å². The highest BCUT2D eigenvalue weighted by atomic mass is 32.2. The standard InChI is InChI=1S/C16H24N6O4S/c1-16(2,3)11-26-27(24,25)8-6-17-14(23)10-22-7-5-13(9-19-22)15-18-12-21(4)20-15/h5,7,9,12H,6,8,10-11H2,1-4H3/p+1. The van der Waals surface area contributed by atoms with E-state index in [9.17, 15) is 13.2 Å². The molecule has 0 aliphatic carbocycles. The van der Waals surface area contributed by atoms with Gasteiger partial charge in [-0.05, 0) is 10.5 Å². The second kappa shape index (κ2) is 8.53. The van der Waals surface area contributed by atoms with Crippen molar-refractivity contribution in [1.82, 2.24) is 25.2 Å². The summed E-state index contributed by atoms with van der Waals surface area (Å²) in [5.74, 6) is -0.0821. The summed E-state index contributed by atoms with van der Waals surface area (Å²) in [5.41, 5.74) is 0.476. The molecule has 2 heterocycles. The van der Waals surface area contributed by atoms with Crippen molar-refractivity contribution in [3.63, 3.8) is 0 Å². The summed E-state index contributed by atoms with van der Waals surface area (Å²) in [6.45, 7) is 5.68. The molecule has 2 aromatic heterocycles. The molecule has 0 aliphatic rings. The molecule has 1 N–H and O–H groups in total. The monoisotopic (exact) mass is 397 g/mol. The molecule has 27 heavy (non-hydrogen) atoms. The van der Waals surface area contributed by atoms with Crippen LogP contribution in [0, 0.1) is 5.41 Å². The molecule has 0 spiro atoms. The van der Waals surface area contributed by atoms with Gasteiger partial charge in [-0.3, -0.25) is 13.7 Å². The van der Waals surface area contributed by atoms with Gasteiger partial charge < -0.3 is 5.32 Å². The van der Waals surface area contributed by atoms with Crippen LogP contribution in [-0.4, -0.2) is 53.1 Å². The second-order valence-electron chi connectivity index (χ2n) is 7.29. The van der Waals surface area contributed by atoms with E-state index in [4.69, 9.17) is 4.18 Å². The SMILES string of the molecule is Cn1cnc(-c2cc[n+](CC(=O)NCCS(=O)(=O)OCC(C)(C)C)nc2)n1. The summed E-state index contributed by atoms with van der Waals surface area (Å²) in [6, 6.07) is 1.75. The Kier molecular flexibility index (Phi) is 6.60. The minimum atomic E-state index is -3.67. The Balaban J connectivity index is 1.79. The average Bonchev–Trinajstić information content (AvgIpc) is 2.99. The molecule has 0 aromatic carbocycles. The van der Waals surface area contributed by atoms with Gasteiger partial charge in [0.25, 0.3) is 22.6 Å². The summed E-state index contributed by atoms with van der Waals surface area (Å²) < 4.78 is 31.5. The third kappa shape index (κ3) is 7.39. The van der Waals surface area contributed by atoms with Gasteiger partial charge in [-0.15, -0.1) is 0 Å². The average molecular weight is 397 g/mol. The zero-order valence-electron chi connectivity index (χ0n) is 15.9. The van der Waals surface area contributed by atoms with Crippen molar-refractivity contribution < 1.29 is 22.1 Å². The summed E-state index contributed by atoms with van der Waals surface area (Å²) in [5, 5.41) is 10.9. The highest BCUT2D eigenvalue weighted by Gasteiger charge is 2.19. The molecule has 0 radical (unpaired) electrons. The van der Waals surface area contributed by atoms with Crippen LogP contribution in [0.4, 0.5) is 0 Å². The van der Waals surface area contributed by atoms with Crippen LogP contribution in [0.3, 0.4) is 0 Å². The number of aromatic nitrogens is 5. The Hall–Kier alpha value is -2.40. The van der Waals surface area contributed by atoms with Gasteiger partial charge in [-0.1, -0.05) is 25.5 Å². The first-order valence-corrected chi connectivity index (χ1v) is 9.97. The van der Waals surface area contributed by atoms with Gasteiger partial charge in [-0.25, -0.2) is 4.98 Å². The minimum absolute atomic E-state index is 0.0260. The molecule has 0 saturated heterocycles. The van der Waals surface area contributed by atoms with Gasteiger partial charge in [0, 0.05) is 19.7 Å². The largest absolute Gasteiger partial charge is 0.349 e. The maximum atomic E-state index is 11.9. The summed E-state index contributed by atoms with van der Waals surface area (Å²) in [6.07, 6.45) is 4.78. The van der Waals surface area contributed by atoms with Crippen LogP contribution in [0.25, 0.3) is 11.4 Å². The molecule has 10 nitrogen and oxygen atoms in total. The van der Waals surface area contributed by atoms with E-state index in [1.807, 2.05) is 20.8 Å². The highest BCUT2D eigenvalue weighted by Crippen LogP contribution is 2.14. The van der Waals surface area contributed by atoms with E-state index in [1.54, 1.807) is 36.5 Å². The normalized spacial score (nSPS) is 12.1. The van der Waals surface area contributed by atoms with Crippen molar-refractivity contribution in [2.75, 3.05) is 18.9 Å². The molecule has 2 aromatic rings. The van der Waals surface area contributed by atoms with Crippen LogP contribution in [0.1, 0.15) is 20.8 Å². The van der Waals surface area contributed by atoms with Crippen LogP contribution in [0.5, 0.6) is 0 Å². The molecule has 11 heteroatoms. The van der Waals surface area contributed by atoms with E-state index in [2.05, 4.69) is 20.5 Å². The van der Waals surface area contributed by atoms with E-state index < -0.39 is 10.1 Å². The smallest absolute Gasteiger partial charge is 0.288 e. The van der Waals surface area contributed by atoms with E-state index in [-0.39, 0.29) is 36.8 Å². The van der Waals surface area contributed by atoms with Gasteiger partial charge in [0.2, 0.25) is 0 Å². The minimum Gasteiger partial charge on any atom is -0.349 e. The van der Waals surface area contributed by atoms with E-state index >= 15 is 0 Å². The molecular weight excluding hydrogens is 372 g/mol. The lowest BCUT2D eigenvalue weighted by Crippen LogP contribution is -2.46. The van der Waals surface area contributed by atoms with Gasteiger partial charge in [0.1, 0.15) is 12.5 Å². The maximum absolute atomic E-state index is 11.9. The molecular formula is C16H25N6O4S+. The Bertz CT molecular complexity index is 871. The number of nitrogens with one attached hydrogen (secondary N) is 1. The third-order valence-electron chi connectivity index (χ3n) is 3.28. The molecule has 0 saturated carbocycles. The zero-order chi connectivity index (χ0) is 20.1. The van der Waals surface area contributed by atoms with Crippen LogP contribution < -0.4 is 10.00 Å². The first-order chi connectivity index (χ1) is 12.5. The number of hydrogen-bond donors (Lipinski definition) is 1. The predicted octanol–water partition coefficient (Wildman–Crippen LogP) is -0.327. The summed E-state index contributed by atoms with van der Waals surface area (Å²) >= 11 is 0. The number of aryl methyl sites for hydroxylation is 1. The van der Waals surface area contributed by atoms with Gasteiger partial charge in [0.05, 0.1) is 17.9 Å². The lowest BCUT2D eigenvalue weighted by molar-refractivity contribution is -0.742. The van der Waals surface area contributed by atoms with Crippen LogP contribution >= 0.6 is 0 Å². The number of carbonyl (C=O) groups is 1. The van der Waals surface area contributed by atoms with Crippen LogP contribution in [-0.2, 0) is 32.7 Å². The molecule has 0 unspecified atom stereocenters. The lowest BCUT2D eigenvalue weighted by atomic mass is 9.99. The maximum Gasteiger partial charge on any atom is 0.288 e. The Morgan fingerprint density at radius 2 is 2.11 bits per heavy atom. The van der Waals surface area contributed by atoms with E-state index in [1.165, 1.54) is 4.68 Å². The highest BCUT2D eigenvalue weighted by molar-refractivity contribution is 7.86. The quantitative estimate of drug-likeness (QED) is 0.478. The van der Waals surface area contributed by atoms with Gasteiger partial charge >= 0.3 is 0 Å². The number of rotatable bonds is 8. The topological polar surface area (TPSA) is 120 Å². The van der Waals surface area contributed by atoms with Gasteiger partial charge in [0.15, 0.2) is 12.0 Å². The molecule has 148 valence electrons. The fourth-order valence-corrected chi connectivity index (χ4v) is 2.93. The molecule has 2 rings (SSSR count). The van der Waals surface area contributed by atoms with Crippen molar-refractivity contribution in [2.45, 2.75) is 27.3 Å². The Morgan fingerprint density at radius 1 is 1.37 bits per heavy atom. The van der Waals surface area contributed by atoms with Crippen molar-refractivity contribution >= 4 is 16.0 Å². The fourth-order valence-electron chi connectivity index (χ4n) is 1.93. The summed E-state index contributed by atoms with van der Waals surface area (Å²) in [4.78, 5) is 16.1.